The summed E-state index contributed by atoms with van der Waals surface area (Å²) >= 11 is 0. The van der Waals surface area contributed by atoms with Gasteiger partial charge in [0.2, 0.25) is 0 Å². The minimum atomic E-state index is -0.0786. The van der Waals surface area contributed by atoms with Crippen LogP contribution in [0, 0.1) is 0 Å². The summed E-state index contributed by atoms with van der Waals surface area (Å²) in [6.45, 7) is 4.08. The van der Waals surface area contributed by atoms with Crippen molar-refractivity contribution < 1.29 is 4.39 Å². The number of rotatable bonds is 5. The third kappa shape index (κ3) is 5.08. The van der Waals surface area contributed by atoms with E-state index in [1.807, 2.05) is 19.1 Å². The van der Waals surface area contributed by atoms with Crippen molar-refractivity contribution in [2.24, 2.45) is 5.73 Å². The number of hydrogen-bond acceptors (Lipinski definition) is 1. The Morgan fingerprint density at radius 1 is 1.42 bits per heavy atom. The van der Waals surface area contributed by atoms with Crippen LogP contribution in [0.15, 0.2) is 23.6 Å². The summed E-state index contributed by atoms with van der Waals surface area (Å²) in [6.07, 6.45) is 6.42. The fourth-order valence-electron chi connectivity index (χ4n) is 1.03. The monoisotopic (exact) mass is 171 g/mol. The Morgan fingerprint density at radius 3 is 2.50 bits per heavy atom. The number of allylic oxidation sites excluding steroid dienone is 4. The van der Waals surface area contributed by atoms with Crippen LogP contribution >= 0.6 is 0 Å². The first-order valence-corrected chi connectivity index (χ1v) is 4.40. The molecule has 1 nitrogen and oxygen atoms in total. The standard InChI is InChI=1S/C10H18FN/c1-3-6-10(9(2)11)7-4-5-8-12/h3,6H,4-5,7-8,12H2,1-2H3/b6-3-,10-9-. The molecule has 0 atom stereocenters. The van der Waals surface area contributed by atoms with E-state index >= 15 is 0 Å². The van der Waals surface area contributed by atoms with Crippen molar-refractivity contribution in [3.05, 3.63) is 23.6 Å². The molecule has 0 heterocycles. The van der Waals surface area contributed by atoms with Gasteiger partial charge in [-0.2, -0.15) is 0 Å². The number of hydrogen-bond donors (Lipinski definition) is 1. The molecule has 0 aliphatic heterocycles. The predicted molar refractivity (Wildman–Crippen MR) is 51.5 cm³/mol. The van der Waals surface area contributed by atoms with Crippen LogP contribution in [-0.4, -0.2) is 6.54 Å². The van der Waals surface area contributed by atoms with Gasteiger partial charge >= 0.3 is 0 Å². The molecule has 70 valence electrons. The lowest BCUT2D eigenvalue weighted by atomic mass is 10.1. The average Bonchev–Trinajstić information content (AvgIpc) is 2.03. The first-order valence-electron chi connectivity index (χ1n) is 4.40. The smallest absolute Gasteiger partial charge is 0.1000 e. The highest BCUT2D eigenvalue weighted by Crippen LogP contribution is 2.14. The second-order valence-corrected chi connectivity index (χ2v) is 2.80. The second kappa shape index (κ2) is 7.04. The lowest BCUT2D eigenvalue weighted by Gasteiger charge is -2.01. The fraction of sp³-hybridized carbons (Fsp3) is 0.600. The maximum Gasteiger partial charge on any atom is 0.1000 e. The molecule has 0 amide bonds. The molecule has 2 heteroatoms. The Balaban J connectivity index is 3.90. The molecule has 0 spiro atoms. The predicted octanol–water partition coefficient (Wildman–Crippen LogP) is 2.94. The molecule has 0 aliphatic rings. The molecule has 12 heavy (non-hydrogen) atoms. The first kappa shape index (κ1) is 11.4. The summed E-state index contributed by atoms with van der Waals surface area (Å²) in [4.78, 5) is 0. The topological polar surface area (TPSA) is 26.0 Å². The van der Waals surface area contributed by atoms with Gasteiger partial charge in [-0.25, -0.2) is 4.39 Å². The van der Waals surface area contributed by atoms with Gasteiger partial charge in [-0.1, -0.05) is 12.2 Å². The molecule has 0 rings (SSSR count). The minimum Gasteiger partial charge on any atom is -0.330 e. The maximum atomic E-state index is 12.8. The highest BCUT2D eigenvalue weighted by atomic mass is 19.1. The lowest BCUT2D eigenvalue weighted by Crippen LogP contribution is -1.98. The molecule has 2 N–H and O–H groups in total. The van der Waals surface area contributed by atoms with Gasteiger partial charge in [0.1, 0.15) is 0 Å². The highest BCUT2D eigenvalue weighted by molar-refractivity contribution is 5.20. The summed E-state index contributed by atoms with van der Waals surface area (Å²) in [7, 11) is 0. The summed E-state index contributed by atoms with van der Waals surface area (Å²) in [5.41, 5.74) is 6.13. The van der Waals surface area contributed by atoms with Crippen LogP contribution in [0.5, 0.6) is 0 Å². The highest BCUT2D eigenvalue weighted by Gasteiger charge is 1.97. The molecule has 0 bridgehead atoms. The van der Waals surface area contributed by atoms with Crippen molar-refractivity contribution in [1.82, 2.24) is 0 Å². The van der Waals surface area contributed by atoms with E-state index in [-0.39, 0.29) is 5.83 Å². The summed E-state index contributed by atoms with van der Waals surface area (Å²) < 4.78 is 12.8. The summed E-state index contributed by atoms with van der Waals surface area (Å²) in [6, 6.07) is 0. The number of nitrogens with two attached hydrogens (primary N) is 1. The van der Waals surface area contributed by atoms with Crippen LogP contribution in [-0.2, 0) is 0 Å². The van der Waals surface area contributed by atoms with E-state index < -0.39 is 0 Å². The Morgan fingerprint density at radius 2 is 2.08 bits per heavy atom. The van der Waals surface area contributed by atoms with E-state index in [0.717, 1.165) is 24.8 Å². The molecule has 0 aliphatic carbocycles. The minimum absolute atomic E-state index is 0.0786. The molecule has 0 aromatic carbocycles. The fourth-order valence-corrected chi connectivity index (χ4v) is 1.03. The molecule has 0 fully saturated rings. The molecular formula is C10H18FN. The number of unbranched alkanes of at least 4 members (excludes halogenated alkanes) is 1. The quantitative estimate of drug-likeness (QED) is 0.499. The van der Waals surface area contributed by atoms with Gasteiger partial charge in [-0.15, -0.1) is 0 Å². The zero-order valence-electron chi connectivity index (χ0n) is 7.94. The van der Waals surface area contributed by atoms with E-state index in [1.165, 1.54) is 6.92 Å². The summed E-state index contributed by atoms with van der Waals surface area (Å²) in [5, 5.41) is 0. The Bertz CT molecular complexity index is 167. The number of halogens is 1. The van der Waals surface area contributed by atoms with Gasteiger partial charge in [0, 0.05) is 0 Å². The second-order valence-electron chi connectivity index (χ2n) is 2.80. The van der Waals surface area contributed by atoms with Crippen molar-refractivity contribution in [1.29, 1.82) is 0 Å². The van der Waals surface area contributed by atoms with E-state index in [2.05, 4.69) is 0 Å². The Labute approximate surface area is 74.1 Å². The van der Waals surface area contributed by atoms with Crippen LogP contribution in [0.4, 0.5) is 4.39 Å². The SMILES string of the molecule is C/C=C\C(CCCCN)=C(/C)F. The van der Waals surface area contributed by atoms with Gasteiger partial charge in [-0.3, -0.25) is 0 Å². The van der Waals surface area contributed by atoms with E-state index in [4.69, 9.17) is 5.73 Å². The molecule has 0 saturated heterocycles. The van der Waals surface area contributed by atoms with E-state index in [0.29, 0.717) is 6.54 Å². The van der Waals surface area contributed by atoms with E-state index in [9.17, 15) is 4.39 Å². The van der Waals surface area contributed by atoms with Crippen molar-refractivity contribution >= 4 is 0 Å². The molecule has 0 aromatic rings. The van der Waals surface area contributed by atoms with Crippen LogP contribution in [0.1, 0.15) is 33.1 Å². The Hall–Kier alpha value is -0.630. The van der Waals surface area contributed by atoms with Gasteiger partial charge in [-0.05, 0) is 45.2 Å². The van der Waals surface area contributed by atoms with Gasteiger partial charge in [0.15, 0.2) is 0 Å². The third-order valence-corrected chi connectivity index (χ3v) is 1.71. The van der Waals surface area contributed by atoms with Gasteiger partial charge in [0.05, 0.1) is 5.83 Å². The molecule has 0 unspecified atom stereocenters. The van der Waals surface area contributed by atoms with Crippen molar-refractivity contribution in [2.75, 3.05) is 6.54 Å². The Kier molecular flexibility index (Phi) is 6.67. The van der Waals surface area contributed by atoms with E-state index in [1.54, 1.807) is 0 Å². The zero-order chi connectivity index (χ0) is 9.40. The van der Waals surface area contributed by atoms with Gasteiger partial charge < -0.3 is 5.73 Å². The summed E-state index contributed by atoms with van der Waals surface area (Å²) in [5.74, 6) is -0.0786. The maximum absolute atomic E-state index is 12.8. The van der Waals surface area contributed by atoms with Gasteiger partial charge in [0.25, 0.3) is 0 Å². The molecule has 0 saturated carbocycles. The first-order chi connectivity index (χ1) is 5.72. The lowest BCUT2D eigenvalue weighted by molar-refractivity contribution is 0.616. The molecule has 0 aromatic heterocycles. The van der Waals surface area contributed by atoms with Crippen LogP contribution in [0.2, 0.25) is 0 Å². The van der Waals surface area contributed by atoms with Crippen LogP contribution < -0.4 is 5.73 Å². The molecular weight excluding hydrogens is 153 g/mol. The van der Waals surface area contributed by atoms with Crippen molar-refractivity contribution in [2.45, 2.75) is 33.1 Å². The van der Waals surface area contributed by atoms with Crippen LogP contribution in [0.3, 0.4) is 0 Å². The van der Waals surface area contributed by atoms with Crippen molar-refractivity contribution in [3.8, 4) is 0 Å². The third-order valence-electron chi connectivity index (χ3n) is 1.71. The van der Waals surface area contributed by atoms with Crippen LogP contribution in [0.25, 0.3) is 0 Å². The normalized spacial score (nSPS) is 13.7. The zero-order valence-corrected chi connectivity index (χ0v) is 7.94. The largest absolute Gasteiger partial charge is 0.330 e. The molecule has 0 radical (unpaired) electrons. The van der Waals surface area contributed by atoms with Crippen molar-refractivity contribution in [3.63, 3.8) is 0 Å². The average molecular weight is 171 g/mol.